The second-order valence-electron chi connectivity index (χ2n) is 7.17. The van der Waals surface area contributed by atoms with Gasteiger partial charge in [0, 0.05) is 10.9 Å². The highest BCUT2D eigenvalue weighted by Gasteiger charge is 2.47. The van der Waals surface area contributed by atoms with Crippen LogP contribution in [-0.4, -0.2) is 16.7 Å². The van der Waals surface area contributed by atoms with Crippen LogP contribution in [0.2, 0.25) is 5.02 Å². The van der Waals surface area contributed by atoms with E-state index in [2.05, 4.69) is 13.8 Å². The van der Waals surface area contributed by atoms with Crippen LogP contribution in [-0.2, 0) is 11.2 Å². The molecule has 1 aliphatic rings. The number of aliphatic carboxylic acids is 1. The first-order valence-electron chi connectivity index (χ1n) is 8.62. The minimum atomic E-state index is -1.32. The molecule has 1 N–H and O–H groups in total. The van der Waals surface area contributed by atoms with Crippen LogP contribution in [0.5, 0.6) is 5.75 Å². The first kappa shape index (κ1) is 17.8. The van der Waals surface area contributed by atoms with Crippen LogP contribution in [0, 0.1) is 0 Å². The molecule has 25 heavy (non-hydrogen) atoms. The van der Waals surface area contributed by atoms with Gasteiger partial charge in [-0.2, -0.15) is 0 Å². The molecule has 0 radical (unpaired) electrons. The zero-order valence-corrected chi connectivity index (χ0v) is 15.5. The summed E-state index contributed by atoms with van der Waals surface area (Å²) in [6, 6.07) is 13.4. The van der Waals surface area contributed by atoms with Gasteiger partial charge in [-0.1, -0.05) is 43.6 Å². The average molecular weight is 359 g/mol. The number of hydrogen-bond donors (Lipinski definition) is 1. The Bertz CT molecular complexity index is 782. The fourth-order valence-electron chi connectivity index (χ4n) is 3.59. The Hall–Kier alpha value is -2.00. The largest absolute Gasteiger partial charge is 0.478 e. The van der Waals surface area contributed by atoms with Crippen molar-refractivity contribution in [1.82, 2.24) is 0 Å². The van der Waals surface area contributed by atoms with E-state index in [4.69, 9.17) is 16.3 Å². The predicted octanol–water partition coefficient (Wildman–Crippen LogP) is 5.42. The number of benzene rings is 2. The number of hydrogen-bond acceptors (Lipinski definition) is 2. The summed E-state index contributed by atoms with van der Waals surface area (Å²) in [6.45, 7) is 5.91. The van der Waals surface area contributed by atoms with E-state index in [1.807, 2.05) is 42.5 Å². The lowest BCUT2D eigenvalue weighted by Gasteiger charge is -2.33. The Morgan fingerprint density at radius 2 is 1.92 bits per heavy atom. The van der Waals surface area contributed by atoms with Crippen LogP contribution in [0.1, 0.15) is 55.7 Å². The van der Waals surface area contributed by atoms with Gasteiger partial charge < -0.3 is 9.84 Å². The number of rotatable bonds is 5. The third kappa shape index (κ3) is 3.38. The molecule has 0 unspecified atom stereocenters. The van der Waals surface area contributed by atoms with Gasteiger partial charge in [0.05, 0.1) is 0 Å². The molecule has 2 atom stereocenters. The molecule has 0 aromatic heterocycles. The Kier molecular flexibility index (Phi) is 4.79. The maximum Gasteiger partial charge on any atom is 0.348 e. The third-order valence-electron chi connectivity index (χ3n) is 5.15. The Labute approximate surface area is 153 Å². The lowest BCUT2D eigenvalue weighted by Crippen LogP contribution is -2.46. The molecule has 0 bridgehead atoms. The Morgan fingerprint density at radius 1 is 1.24 bits per heavy atom. The quantitative estimate of drug-likeness (QED) is 0.776. The molecule has 0 amide bonds. The molecule has 1 aliphatic carbocycles. The van der Waals surface area contributed by atoms with Gasteiger partial charge in [-0.15, -0.1) is 0 Å². The number of carboxylic acid groups (broad SMARTS) is 1. The molecule has 0 fully saturated rings. The molecule has 2 aromatic rings. The molecule has 3 nitrogen and oxygen atoms in total. The Morgan fingerprint density at radius 3 is 2.52 bits per heavy atom. The maximum absolute atomic E-state index is 12.1. The van der Waals surface area contributed by atoms with E-state index < -0.39 is 11.6 Å². The molecule has 0 aliphatic heterocycles. The summed E-state index contributed by atoms with van der Waals surface area (Å²) in [5, 5.41) is 10.6. The number of halogens is 1. The van der Waals surface area contributed by atoms with E-state index in [1.54, 1.807) is 6.92 Å². The molecule has 0 saturated heterocycles. The highest BCUT2D eigenvalue weighted by molar-refractivity contribution is 6.30. The van der Waals surface area contributed by atoms with Crippen LogP contribution < -0.4 is 4.74 Å². The van der Waals surface area contributed by atoms with Crippen molar-refractivity contribution < 1.29 is 14.6 Å². The average Bonchev–Trinajstić information content (AvgIpc) is 2.98. The van der Waals surface area contributed by atoms with Gasteiger partial charge in [0.25, 0.3) is 0 Å². The third-order valence-corrected chi connectivity index (χ3v) is 5.38. The van der Waals surface area contributed by atoms with E-state index in [0.29, 0.717) is 16.7 Å². The van der Waals surface area contributed by atoms with Crippen LogP contribution >= 0.6 is 11.6 Å². The number of carbonyl (C=O) groups is 1. The SMILES string of the molecule is CC(C)c1ccc(O[C@](C)(C(=O)O)[C@@H]2CCc3cc(Cl)ccc32)cc1. The zero-order valence-electron chi connectivity index (χ0n) is 14.8. The predicted molar refractivity (Wildman–Crippen MR) is 99.7 cm³/mol. The highest BCUT2D eigenvalue weighted by Crippen LogP contribution is 2.43. The van der Waals surface area contributed by atoms with E-state index in [1.165, 1.54) is 5.56 Å². The van der Waals surface area contributed by atoms with E-state index in [9.17, 15) is 9.90 Å². The fourth-order valence-corrected chi connectivity index (χ4v) is 3.78. The summed E-state index contributed by atoms with van der Waals surface area (Å²) >= 11 is 6.07. The second-order valence-corrected chi connectivity index (χ2v) is 7.61. The zero-order chi connectivity index (χ0) is 18.2. The monoisotopic (exact) mass is 358 g/mol. The lowest BCUT2D eigenvalue weighted by atomic mass is 9.84. The van der Waals surface area contributed by atoms with E-state index >= 15 is 0 Å². The van der Waals surface area contributed by atoms with Crippen molar-refractivity contribution in [2.24, 2.45) is 0 Å². The summed E-state index contributed by atoms with van der Waals surface area (Å²) in [6.07, 6.45) is 1.56. The van der Waals surface area contributed by atoms with Crippen molar-refractivity contribution in [3.63, 3.8) is 0 Å². The lowest BCUT2D eigenvalue weighted by molar-refractivity contribution is -0.155. The maximum atomic E-state index is 12.1. The molecular formula is C21H23ClO3. The summed E-state index contributed by atoms with van der Waals surface area (Å²) in [7, 11) is 0. The number of fused-ring (bicyclic) bond motifs is 1. The van der Waals surface area contributed by atoms with E-state index in [0.717, 1.165) is 24.0 Å². The highest BCUT2D eigenvalue weighted by atomic mass is 35.5. The molecule has 0 heterocycles. The minimum Gasteiger partial charge on any atom is -0.478 e. The first-order chi connectivity index (χ1) is 11.8. The number of carboxylic acids is 1. The van der Waals surface area contributed by atoms with Gasteiger partial charge in [0.2, 0.25) is 5.60 Å². The van der Waals surface area contributed by atoms with Gasteiger partial charge in [0.1, 0.15) is 5.75 Å². The second kappa shape index (κ2) is 6.72. The van der Waals surface area contributed by atoms with Gasteiger partial charge >= 0.3 is 5.97 Å². The molecule has 2 aromatic carbocycles. The molecule has 3 rings (SSSR count). The number of ether oxygens (including phenoxy) is 1. The van der Waals surface area contributed by atoms with Gasteiger partial charge in [0.15, 0.2) is 0 Å². The molecule has 132 valence electrons. The van der Waals surface area contributed by atoms with Crippen LogP contribution in [0.4, 0.5) is 0 Å². The minimum absolute atomic E-state index is 0.206. The van der Waals surface area contributed by atoms with Crippen molar-refractivity contribution in [3.05, 3.63) is 64.2 Å². The summed E-state index contributed by atoms with van der Waals surface area (Å²) in [4.78, 5) is 12.1. The van der Waals surface area contributed by atoms with E-state index in [-0.39, 0.29) is 5.92 Å². The van der Waals surface area contributed by atoms with Crippen molar-refractivity contribution >= 4 is 17.6 Å². The van der Waals surface area contributed by atoms with Gasteiger partial charge in [-0.25, -0.2) is 4.79 Å². The number of aryl methyl sites for hydroxylation is 1. The standard InChI is InChI=1S/C21H23ClO3/c1-13(2)14-4-8-17(9-5-14)25-21(3,20(23)24)19-11-6-15-12-16(22)7-10-18(15)19/h4-5,7-10,12-13,19H,6,11H2,1-3H3,(H,23,24)/t19-,21+/m1/s1. The first-order valence-corrected chi connectivity index (χ1v) is 8.99. The molecule has 0 spiro atoms. The molecule has 0 saturated carbocycles. The van der Waals surface area contributed by atoms with Crippen molar-refractivity contribution in [2.45, 2.75) is 51.0 Å². The van der Waals surface area contributed by atoms with Crippen LogP contribution in [0.25, 0.3) is 0 Å². The van der Waals surface area contributed by atoms with Crippen molar-refractivity contribution in [2.75, 3.05) is 0 Å². The van der Waals surface area contributed by atoms with Gasteiger partial charge in [-0.3, -0.25) is 0 Å². The fraction of sp³-hybridized carbons (Fsp3) is 0.381. The molecular weight excluding hydrogens is 336 g/mol. The summed E-state index contributed by atoms with van der Waals surface area (Å²) < 4.78 is 6.04. The normalized spacial score (nSPS) is 18.7. The topological polar surface area (TPSA) is 46.5 Å². The van der Waals surface area contributed by atoms with Crippen LogP contribution in [0.15, 0.2) is 42.5 Å². The van der Waals surface area contributed by atoms with Crippen molar-refractivity contribution in [3.8, 4) is 5.75 Å². The van der Waals surface area contributed by atoms with Crippen LogP contribution in [0.3, 0.4) is 0 Å². The van der Waals surface area contributed by atoms with Crippen molar-refractivity contribution in [1.29, 1.82) is 0 Å². The summed E-state index contributed by atoms with van der Waals surface area (Å²) in [5.41, 5.74) is 2.01. The van der Waals surface area contributed by atoms with Gasteiger partial charge in [-0.05, 0) is 66.6 Å². The smallest absolute Gasteiger partial charge is 0.348 e. The summed E-state index contributed by atoms with van der Waals surface area (Å²) in [5.74, 6) is -0.154. The molecule has 4 heteroatoms. The Balaban J connectivity index is 1.92.